The smallest absolute Gasteiger partial charge is 0.255 e. The quantitative estimate of drug-likeness (QED) is 0.938. The molecule has 0 saturated carbocycles. The average Bonchev–Trinajstić information content (AvgIpc) is 2.85. The number of anilines is 1. The van der Waals surface area contributed by atoms with E-state index in [9.17, 15) is 4.79 Å². The van der Waals surface area contributed by atoms with E-state index in [2.05, 4.69) is 15.3 Å². The van der Waals surface area contributed by atoms with Gasteiger partial charge in [-0.2, -0.15) is 0 Å². The zero-order valence-corrected chi connectivity index (χ0v) is 14.0. The highest BCUT2D eigenvalue weighted by molar-refractivity contribution is 5.95. The third-order valence-corrected chi connectivity index (χ3v) is 4.16. The van der Waals surface area contributed by atoms with E-state index in [0.717, 1.165) is 42.2 Å². The lowest BCUT2D eigenvalue weighted by Gasteiger charge is -2.25. The zero-order chi connectivity index (χ0) is 16.6. The standard InChI is InChI=1S/C17H22N4O2/c1-10-7-14(11(2)23-10)16(22)19-13-5-6-15-12(8-13)9-18-17(20-15)21(3)4/h7,9,13H,5-6,8H2,1-4H3,(H,19,22)/t13-/m1/s1. The van der Waals surface area contributed by atoms with Crippen LogP contribution in [0.1, 0.15) is 39.6 Å². The lowest BCUT2D eigenvalue weighted by Crippen LogP contribution is -2.39. The number of hydrogen-bond donors (Lipinski definition) is 1. The van der Waals surface area contributed by atoms with Gasteiger partial charge in [0.25, 0.3) is 5.91 Å². The molecule has 0 unspecified atom stereocenters. The monoisotopic (exact) mass is 314 g/mol. The molecule has 0 fully saturated rings. The minimum absolute atomic E-state index is 0.0707. The zero-order valence-electron chi connectivity index (χ0n) is 14.0. The van der Waals surface area contributed by atoms with Gasteiger partial charge in [0.15, 0.2) is 0 Å². The van der Waals surface area contributed by atoms with Crippen molar-refractivity contribution < 1.29 is 9.21 Å². The van der Waals surface area contributed by atoms with Gasteiger partial charge in [0.1, 0.15) is 11.5 Å². The van der Waals surface area contributed by atoms with Crippen molar-refractivity contribution in [2.75, 3.05) is 19.0 Å². The Morgan fingerprint density at radius 2 is 2.17 bits per heavy atom. The number of hydrogen-bond acceptors (Lipinski definition) is 5. The molecule has 2 heterocycles. The van der Waals surface area contributed by atoms with Crippen molar-refractivity contribution in [3.63, 3.8) is 0 Å². The van der Waals surface area contributed by atoms with Crippen LogP contribution in [0.3, 0.4) is 0 Å². The predicted octanol–water partition coefficient (Wildman–Crippen LogP) is 2.04. The Labute approximate surface area is 135 Å². The molecule has 3 rings (SSSR count). The molecular formula is C17H22N4O2. The van der Waals surface area contributed by atoms with Gasteiger partial charge in [0.2, 0.25) is 5.95 Å². The summed E-state index contributed by atoms with van der Waals surface area (Å²) in [6.07, 6.45) is 4.39. The number of aryl methyl sites for hydroxylation is 3. The van der Waals surface area contributed by atoms with Crippen LogP contribution in [0.15, 0.2) is 16.7 Å². The topological polar surface area (TPSA) is 71.3 Å². The molecule has 0 radical (unpaired) electrons. The van der Waals surface area contributed by atoms with Crippen molar-refractivity contribution in [1.82, 2.24) is 15.3 Å². The van der Waals surface area contributed by atoms with Gasteiger partial charge in [-0.15, -0.1) is 0 Å². The van der Waals surface area contributed by atoms with Gasteiger partial charge in [0.05, 0.1) is 5.56 Å². The van der Waals surface area contributed by atoms with Crippen LogP contribution >= 0.6 is 0 Å². The molecule has 6 heteroatoms. The number of nitrogens with zero attached hydrogens (tertiary/aromatic N) is 3. The van der Waals surface area contributed by atoms with Gasteiger partial charge >= 0.3 is 0 Å². The van der Waals surface area contributed by atoms with E-state index in [0.29, 0.717) is 11.3 Å². The molecule has 23 heavy (non-hydrogen) atoms. The highest BCUT2D eigenvalue weighted by Gasteiger charge is 2.24. The normalized spacial score (nSPS) is 16.8. The number of fused-ring (bicyclic) bond motifs is 1. The van der Waals surface area contributed by atoms with E-state index >= 15 is 0 Å². The molecule has 1 aliphatic rings. The van der Waals surface area contributed by atoms with Crippen LogP contribution in [-0.2, 0) is 12.8 Å². The van der Waals surface area contributed by atoms with Gasteiger partial charge in [-0.25, -0.2) is 9.97 Å². The molecule has 0 spiro atoms. The molecule has 0 bridgehead atoms. The maximum Gasteiger partial charge on any atom is 0.255 e. The van der Waals surface area contributed by atoms with Crippen LogP contribution in [0.25, 0.3) is 0 Å². The summed E-state index contributed by atoms with van der Waals surface area (Å²) in [6, 6.07) is 1.90. The Bertz CT molecular complexity index is 736. The van der Waals surface area contributed by atoms with Crippen molar-refractivity contribution in [3.05, 3.63) is 40.6 Å². The number of aromatic nitrogens is 2. The first kappa shape index (κ1) is 15.5. The second kappa shape index (κ2) is 6.02. The molecule has 1 aliphatic carbocycles. The second-order valence-electron chi connectivity index (χ2n) is 6.28. The summed E-state index contributed by atoms with van der Waals surface area (Å²) in [6.45, 7) is 3.66. The minimum Gasteiger partial charge on any atom is -0.466 e. The third-order valence-electron chi connectivity index (χ3n) is 4.16. The average molecular weight is 314 g/mol. The summed E-state index contributed by atoms with van der Waals surface area (Å²) >= 11 is 0. The van der Waals surface area contributed by atoms with Gasteiger partial charge < -0.3 is 14.6 Å². The fraction of sp³-hybridized carbons (Fsp3) is 0.471. The molecule has 0 aromatic carbocycles. The van der Waals surface area contributed by atoms with Gasteiger partial charge in [-0.1, -0.05) is 0 Å². The molecule has 2 aromatic heterocycles. The Kier molecular flexibility index (Phi) is 4.07. The Morgan fingerprint density at radius 1 is 1.39 bits per heavy atom. The Hall–Kier alpha value is -2.37. The van der Waals surface area contributed by atoms with E-state index in [1.807, 2.05) is 39.0 Å². The molecular weight excluding hydrogens is 292 g/mol. The third kappa shape index (κ3) is 3.21. The molecule has 1 atom stereocenters. The van der Waals surface area contributed by atoms with Crippen LogP contribution in [0, 0.1) is 13.8 Å². The molecule has 0 saturated heterocycles. The first-order chi connectivity index (χ1) is 10.9. The van der Waals surface area contributed by atoms with Crippen LogP contribution in [0.2, 0.25) is 0 Å². The van der Waals surface area contributed by atoms with Crippen molar-refractivity contribution in [3.8, 4) is 0 Å². The van der Waals surface area contributed by atoms with Gasteiger partial charge in [-0.05, 0) is 44.7 Å². The molecule has 2 aromatic rings. The first-order valence-corrected chi connectivity index (χ1v) is 7.84. The summed E-state index contributed by atoms with van der Waals surface area (Å²) < 4.78 is 5.43. The number of amides is 1. The second-order valence-corrected chi connectivity index (χ2v) is 6.28. The molecule has 0 aliphatic heterocycles. The summed E-state index contributed by atoms with van der Waals surface area (Å²) in [4.78, 5) is 23.3. The van der Waals surface area contributed by atoms with E-state index in [1.165, 1.54) is 0 Å². The predicted molar refractivity (Wildman–Crippen MR) is 87.8 cm³/mol. The van der Waals surface area contributed by atoms with Crippen LogP contribution < -0.4 is 10.2 Å². The highest BCUT2D eigenvalue weighted by Crippen LogP contribution is 2.22. The van der Waals surface area contributed by atoms with Gasteiger partial charge in [-0.3, -0.25) is 4.79 Å². The number of nitrogens with one attached hydrogen (secondary N) is 1. The highest BCUT2D eigenvalue weighted by atomic mass is 16.3. The maximum atomic E-state index is 12.4. The molecule has 1 N–H and O–H groups in total. The SMILES string of the molecule is Cc1cc(C(=O)N[C@@H]2CCc3nc(N(C)C)ncc3C2)c(C)o1. The molecule has 1 amide bonds. The summed E-state index contributed by atoms with van der Waals surface area (Å²) in [5.74, 6) is 2.08. The lowest BCUT2D eigenvalue weighted by atomic mass is 9.92. The summed E-state index contributed by atoms with van der Waals surface area (Å²) in [5, 5.41) is 3.10. The number of carbonyl (C=O) groups excluding carboxylic acids is 1. The Balaban J connectivity index is 1.70. The lowest BCUT2D eigenvalue weighted by molar-refractivity contribution is 0.0932. The number of furan rings is 1. The van der Waals surface area contributed by atoms with E-state index in [4.69, 9.17) is 4.42 Å². The fourth-order valence-electron chi connectivity index (χ4n) is 2.96. The molecule has 6 nitrogen and oxygen atoms in total. The largest absolute Gasteiger partial charge is 0.466 e. The Morgan fingerprint density at radius 3 is 2.83 bits per heavy atom. The van der Waals surface area contributed by atoms with Crippen molar-refractivity contribution >= 4 is 11.9 Å². The number of carbonyl (C=O) groups is 1. The minimum atomic E-state index is -0.0707. The van der Waals surface area contributed by atoms with Crippen molar-refractivity contribution in [1.29, 1.82) is 0 Å². The first-order valence-electron chi connectivity index (χ1n) is 7.84. The molecule has 122 valence electrons. The van der Waals surface area contributed by atoms with E-state index in [-0.39, 0.29) is 11.9 Å². The van der Waals surface area contributed by atoms with Crippen molar-refractivity contribution in [2.45, 2.75) is 39.2 Å². The fourth-order valence-corrected chi connectivity index (χ4v) is 2.96. The summed E-state index contributed by atoms with van der Waals surface area (Å²) in [7, 11) is 3.87. The maximum absolute atomic E-state index is 12.4. The van der Waals surface area contributed by atoms with E-state index in [1.54, 1.807) is 6.07 Å². The van der Waals surface area contributed by atoms with Crippen LogP contribution in [0.5, 0.6) is 0 Å². The summed E-state index contributed by atoms with van der Waals surface area (Å²) in [5.41, 5.74) is 2.82. The van der Waals surface area contributed by atoms with Crippen molar-refractivity contribution in [2.24, 2.45) is 0 Å². The van der Waals surface area contributed by atoms with Crippen LogP contribution in [-0.4, -0.2) is 36.0 Å². The van der Waals surface area contributed by atoms with Gasteiger partial charge in [0, 0.05) is 32.0 Å². The van der Waals surface area contributed by atoms with E-state index < -0.39 is 0 Å². The number of rotatable bonds is 3. The van der Waals surface area contributed by atoms with Crippen LogP contribution in [0.4, 0.5) is 5.95 Å².